The van der Waals surface area contributed by atoms with Crippen molar-refractivity contribution in [3.05, 3.63) is 5.89 Å². The third kappa shape index (κ3) is 3.47. The second-order valence-electron chi connectivity index (χ2n) is 5.69. The molecule has 0 spiro atoms. The molecule has 1 amide bonds. The molecule has 1 aliphatic rings. The highest BCUT2D eigenvalue weighted by Gasteiger charge is 2.31. The molecule has 2 unspecified atom stereocenters. The maximum Gasteiger partial charge on any atom is 0.318 e. The summed E-state index contributed by atoms with van der Waals surface area (Å²) in [5, 5.41) is 11.3. The molecule has 0 bridgehead atoms. The van der Waals surface area contributed by atoms with Crippen LogP contribution in [0.3, 0.4) is 0 Å². The molecule has 7 nitrogen and oxygen atoms in total. The fourth-order valence-corrected chi connectivity index (χ4v) is 2.33. The molecule has 0 aliphatic carbocycles. The lowest BCUT2D eigenvalue weighted by atomic mass is 9.93. The topological polar surface area (TPSA) is 97.3 Å². The number of amides is 1. The Bertz CT molecular complexity index is 459. The molecule has 20 heavy (non-hydrogen) atoms. The predicted molar refractivity (Wildman–Crippen MR) is 75.0 cm³/mol. The summed E-state index contributed by atoms with van der Waals surface area (Å²) in [6.07, 6.45) is 1.72. The largest absolute Gasteiger partial charge is 0.407 e. The molecule has 2 heterocycles. The van der Waals surface area contributed by atoms with Gasteiger partial charge in [-0.1, -0.05) is 18.9 Å². The summed E-state index contributed by atoms with van der Waals surface area (Å²) < 4.78 is 5.66. The van der Waals surface area contributed by atoms with Crippen molar-refractivity contribution in [3.8, 4) is 0 Å². The van der Waals surface area contributed by atoms with E-state index in [4.69, 9.17) is 10.2 Å². The first-order valence-corrected chi connectivity index (χ1v) is 7.09. The van der Waals surface area contributed by atoms with Crippen molar-refractivity contribution in [2.24, 2.45) is 11.7 Å². The van der Waals surface area contributed by atoms with E-state index < -0.39 is 0 Å². The fourth-order valence-electron chi connectivity index (χ4n) is 2.33. The summed E-state index contributed by atoms with van der Waals surface area (Å²) in [7, 11) is 0. The van der Waals surface area contributed by atoms with Gasteiger partial charge in [0.2, 0.25) is 11.8 Å². The van der Waals surface area contributed by atoms with Gasteiger partial charge in [0.1, 0.15) is 0 Å². The van der Waals surface area contributed by atoms with Gasteiger partial charge < -0.3 is 20.4 Å². The molecule has 0 aromatic carbocycles. The van der Waals surface area contributed by atoms with Gasteiger partial charge in [0.15, 0.2) is 0 Å². The number of piperidine rings is 1. The molecule has 2 atom stereocenters. The Balaban J connectivity index is 2.03. The third-order valence-corrected chi connectivity index (χ3v) is 3.65. The van der Waals surface area contributed by atoms with Gasteiger partial charge in [0.25, 0.3) is 0 Å². The maximum absolute atomic E-state index is 11.3. The second kappa shape index (κ2) is 6.21. The molecule has 0 radical (unpaired) electrons. The number of carbonyl (C=O) groups is 1. The summed E-state index contributed by atoms with van der Waals surface area (Å²) in [4.78, 5) is 13.3. The normalized spacial score (nSPS) is 23.3. The van der Waals surface area contributed by atoms with E-state index in [-0.39, 0.29) is 17.9 Å². The molecular weight excluding hydrogens is 258 g/mol. The molecule has 2 rings (SSSR count). The fraction of sp³-hybridized carbons (Fsp3) is 0.769. The molecule has 1 saturated heterocycles. The van der Waals surface area contributed by atoms with Crippen molar-refractivity contribution in [2.45, 2.75) is 52.2 Å². The van der Waals surface area contributed by atoms with E-state index in [0.717, 1.165) is 12.8 Å². The summed E-state index contributed by atoms with van der Waals surface area (Å²) in [6.45, 7) is 7.30. The molecule has 112 valence electrons. The Morgan fingerprint density at radius 2 is 2.25 bits per heavy atom. The summed E-state index contributed by atoms with van der Waals surface area (Å²) >= 11 is 0. The number of hydrogen-bond acceptors (Lipinski definition) is 6. The van der Waals surface area contributed by atoms with Gasteiger partial charge >= 0.3 is 6.01 Å². The average molecular weight is 281 g/mol. The zero-order chi connectivity index (χ0) is 14.7. The minimum Gasteiger partial charge on any atom is -0.407 e. The second-order valence-corrected chi connectivity index (χ2v) is 5.69. The average Bonchev–Trinajstić information content (AvgIpc) is 2.85. The van der Waals surface area contributed by atoms with Crippen LogP contribution in [0.4, 0.5) is 6.01 Å². The van der Waals surface area contributed by atoms with Crippen LogP contribution in [0.15, 0.2) is 4.42 Å². The van der Waals surface area contributed by atoms with Gasteiger partial charge in [-0.3, -0.25) is 4.79 Å². The lowest BCUT2D eigenvalue weighted by molar-refractivity contribution is -0.122. The summed E-state index contributed by atoms with van der Waals surface area (Å²) in [5.74, 6) is 0.153. The van der Waals surface area contributed by atoms with E-state index in [1.165, 1.54) is 0 Å². The van der Waals surface area contributed by atoms with Gasteiger partial charge in [0, 0.05) is 18.6 Å². The minimum absolute atomic E-state index is 0.143. The Morgan fingerprint density at radius 3 is 2.90 bits per heavy atom. The number of primary amides is 1. The number of nitrogens with one attached hydrogen (secondary N) is 1. The van der Waals surface area contributed by atoms with Gasteiger partial charge in [-0.25, -0.2) is 0 Å². The molecule has 1 aliphatic heterocycles. The number of nitrogens with two attached hydrogens (primary N) is 1. The smallest absolute Gasteiger partial charge is 0.318 e. The molecule has 1 aromatic rings. The lowest BCUT2D eigenvalue weighted by Crippen LogP contribution is -2.46. The van der Waals surface area contributed by atoms with Crippen molar-refractivity contribution in [2.75, 3.05) is 11.4 Å². The van der Waals surface area contributed by atoms with Gasteiger partial charge in [0.05, 0.1) is 12.5 Å². The Hall–Kier alpha value is -1.63. The van der Waals surface area contributed by atoms with Crippen LogP contribution < -0.4 is 16.0 Å². The molecule has 3 N–H and O–H groups in total. The van der Waals surface area contributed by atoms with Crippen molar-refractivity contribution in [1.29, 1.82) is 0 Å². The first-order valence-electron chi connectivity index (χ1n) is 7.09. The van der Waals surface area contributed by atoms with Crippen molar-refractivity contribution < 1.29 is 9.21 Å². The van der Waals surface area contributed by atoms with Crippen molar-refractivity contribution in [3.63, 3.8) is 0 Å². The molecule has 7 heteroatoms. The van der Waals surface area contributed by atoms with Gasteiger partial charge in [-0.05, 0) is 19.8 Å². The van der Waals surface area contributed by atoms with Gasteiger partial charge in [-0.2, -0.15) is 0 Å². The highest BCUT2D eigenvalue weighted by atomic mass is 16.4. The summed E-state index contributed by atoms with van der Waals surface area (Å²) in [6, 6.07) is 1.11. The third-order valence-electron chi connectivity index (χ3n) is 3.65. The Morgan fingerprint density at radius 1 is 1.50 bits per heavy atom. The zero-order valence-corrected chi connectivity index (χ0v) is 12.3. The SMILES string of the molecule is CC(C)NCc1nnc(N2CC(C(N)=O)CCC2C)o1. The number of hydrogen-bond donors (Lipinski definition) is 2. The van der Waals surface area contributed by atoms with E-state index in [2.05, 4.69) is 36.3 Å². The number of nitrogens with zero attached hydrogens (tertiary/aromatic N) is 3. The first kappa shape index (κ1) is 14.8. The van der Waals surface area contributed by atoms with Crippen LogP contribution in [0.25, 0.3) is 0 Å². The number of carbonyl (C=O) groups excluding carboxylic acids is 1. The maximum atomic E-state index is 11.3. The van der Waals surface area contributed by atoms with E-state index in [1.54, 1.807) is 0 Å². The van der Waals surface area contributed by atoms with Crippen LogP contribution in [0.1, 0.15) is 39.5 Å². The predicted octanol–water partition coefficient (Wildman–Crippen LogP) is 0.658. The van der Waals surface area contributed by atoms with E-state index in [0.29, 0.717) is 31.0 Å². The van der Waals surface area contributed by atoms with Crippen molar-refractivity contribution >= 4 is 11.9 Å². The summed E-state index contributed by atoms with van der Waals surface area (Å²) in [5.41, 5.74) is 5.40. The zero-order valence-electron chi connectivity index (χ0n) is 12.3. The molecular formula is C13H23N5O2. The van der Waals surface area contributed by atoms with Crippen molar-refractivity contribution in [1.82, 2.24) is 15.5 Å². The van der Waals surface area contributed by atoms with Crippen LogP contribution in [-0.4, -0.2) is 34.7 Å². The molecule has 1 fully saturated rings. The van der Waals surface area contributed by atoms with Crippen LogP contribution in [0.5, 0.6) is 0 Å². The number of aromatic nitrogens is 2. The Labute approximate surface area is 118 Å². The monoisotopic (exact) mass is 281 g/mol. The number of anilines is 1. The molecule has 1 aromatic heterocycles. The lowest BCUT2D eigenvalue weighted by Gasteiger charge is -2.35. The highest BCUT2D eigenvalue weighted by molar-refractivity contribution is 5.77. The van der Waals surface area contributed by atoms with E-state index in [1.807, 2.05) is 4.90 Å². The minimum atomic E-state index is -0.261. The standard InChI is InChI=1S/C13H23N5O2/c1-8(2)15-6-11-16-17-13(20-11)18-7-10(12(14)19)5-4-9(18)3/h8-10,15H,4-7H2,1-3H3,(H2,14,19). The van der Waals surface area contributed by atoms with Crippen LogP contribution in [0, 0.1) is 5.92 Å². The first-order chi connectivity index (χ1) is 9.47. The van der Waals surface area contributed by atoms with E-state index in [9.17, 15) is 4.79 Å². The molecule has 0 saturated carbocycles. The van der Waals surface area contributed by atoms with Gasteiger partial charge in [-0.15, -0.1) is 5.10 Å². The Kier molecular flexibility index (Phi) is 4.59. The van der Waals surface area contributed by atoms with Crippen LogP contribution in [0.2, 0.25) is 0 Å². The quantitative estimate of drug-likeness (QED) is 0.822. The number of rotatable bonds is 5. The van der Waals surface area contributed by atoms with E-state index >= 15 is 0 Å². The van der Waals surface area contributed by atoms with Crippen LogP contribution >= 0.6 is 0 Å². The highest BCUT2D eigenvalue weighted by Crippen LogP contribution is 2.26. The van der Waals surface area contributed by atoms with Crippen LogP contribution in [-0.2, 0) is 11.3 Å².